The molecule has 0 saturated carbocycles. The molecule has 3 heterocycles. The second-order valence-corrected chi connectivity index (χ2v) is 4.87. The number of aromatic nitrogens is 3. The predicted octanol–water partition coefficient (Wildman–Crippen LogP) is 3.69. The van der Waals surface area contributed by atoms with Gasteiger partial charge in [-0.15, -0.1) is 0 Å². The molecular weight excluding hydrogens is 246 g/mol. The van der Waals surface area contributed by atoms with E-state index in [4.69, 9.17) is 0 Å². The van der Waals surface area contributed by atoms with E-state index in [0.29, 0.717) is 0 Å². The van der Waals surface area contributed by atoms with Crippen LogP contribution >= 0.6 is 0 Å². The van der Waals surface area contributed by atoms with Gasteiger partial charge in [0.15, 0.2) is 0 Å². The monoisotopic (exact) mass is 271 g/mol. The lowest BCUT2D eigenvalue weighted by Gasteiger charge is -1.96. The van der Waals surface area contributed by atoms with Gasteiger partial charge in [-0.25, -0.2) is 0 Å². The topological polar surface area (TPSA) is 14.8 Å². The first kappa shape index (κ1) is 15.9. The van der Waals surface area contributed by atoms with Gasteiger partial charge in [-0.3, -0.25) is 0 Å². The maximum Gasteiger partial charge on any atom is 0.0143 e. The van der Waals surface area contributed by atoms with Gasteiger partial charge in [0, 0.05) is 57.3 Å². The molecule has 3 aromatic rings. The summed E-state index contributed by atoms with van der Waals surface area (Å²) in [6.45, 7) is 4.21. The maximum atomic E-state index is 2.17. The Morgan fingerprint density at radius 2 is 0.900 bits per heavy atom. The van der Waals surface area contributed by atoms with E-state index in [-0.39, 0.29) is 0 Å². The van der Waals surface area contributed by atoms with Gasteiger partial charge in [-0.2, -0.15) is 0 Å². The quantitative estimate of drug-likeness (QED) is 0.592. The zero-order valence-corrected chi connectivity index (χ0v) is 13.1. The van der Waals surface area contributed by atoms with Gasteiger partial charge in [0.1, 0.15) is 0 Å². The van der Waals surface area contributed by atoms with Crippen molar-refractivity contribution in [3.8, 4) is 0 Å². The summed E-state index contributed by atoms with van der Waals surface area (Å²) in [4.78, 5) is 0. The van der Waals surface area contributed by atoms with Crippen molar-refractivity contribution >= 4 is 0 Å². The molecule has 0 aliphatic heterocycles. The fourth-order valence-corrected chi connectivity index (χ4v) is 1.58. The Bertz CT molecular complexity index is 520. The fraction of sp³-hybridized carbons (Fsp3) is 0.294. The van der Waals surface area contributed by atoms with Crippen molar-refractivity contribution in [2.24, 2.45) is 21.1 Å². The van der Waals surface area contributed by atoms with Crippen LogP contribution < -0.4 is 0 Å². The van der Waals surface area contributed by atoms with E-state index in [0.717, 1.165) is 0 Å². The first-order valence-electron chi connectivity index (χ1n) is 6.73. The van der Waals surface area contributed by atoms with Crippen LogP contribution in [0.15, 0.2) is 61.2 Å². The van der Waals surface area contributed by atoms with Crippen molar-refractivity contribution in [2.45, 2.75) is 13.8 Å². The Morgan fingerprint density at radius 3 is 1.00 bits per heavy atom. The van der Waals surface area contributed by atoms with E-state index in [1.165, 1.54) is 11.4 Å². The van der Waals surface area contributed by atoms with Crippen LogP contribution in [0.4, 0.5) is 0 Å². The van der Waals surface area contributed by atoms with Crippen molar-refractivity contribution in [3.63, 3.8) is 0 Å². The van der Waals surface area contributed by atoms with Crippen molar-refractivity contribution in [3.05, 3.63) is 72.6 Å². The predicted molar refractivity (Wildman–Crippen MR) is 85.7 cm³/mol. The minimum atomic E-state index is 1.32. The minimum Gasteiger partial charge on any atom is -0.357 e. The fourth-order valence-electron chi connectivity index (χ4n) is 1.58. The van der Waals surface area contributed by atoms with Gasteiger partial charge in [0.25, 0.3) is 0 Å². The highest BCUT2D eigenvalue weighted by Gasteiger charge is 1.90. The average Bonchev–Trinajstić information content (AvgIpc) is 3.14. The molecule has 0 atom stereocenters. The normalized spacial score (nSPS) is 9.25. The van der Waals surface area contributed by atoms with E-state index in [2.05, 4.69) is 37.6 Å². The second kappa shape index (κ2) is 8.10. The summed E-state index contributed by atoms with van der Waals surface area (Å²) in [6.07, 6.45) is 8.00. The summed E-state index contributed by atoms with van der Waals surface area (Å²) < 4.78 is 6.17. The smallest absolute Gasteiger partial charge is 0.0143 e. The van der Waals surface area contributed by atoms with Crippen LogP contribution in [-0.4, -0.2) is 13.7 Å². The van der Waals surface area contributed by atoms with Crippen molar-refractivity contribution in [2.75, 3.05) is 0 Å². The zero-order chi connectivity index (χ0) is 15.0. The summed E-state index contributed by atoms with van der Waals surface area (Å²) >= 11 is 0. The highest BCUT2D eigenvalue weighted by atomic mass is 14.9. The van der Waals surface area contributed by atoms with Gasteiger partial charge in [-0.1, -0.05) is 0 Å². The third kappa shape index (κ3) is 5.65. The third-order valence-corrected chi connectivity index (χ3v) is 3.13. The summed E-state index contributed by atoms with van der Waals surface area (Å²) in [5, 5.41) is 0. The first-order chi connectivity index (χ1) is 9.50. The van der Waals surface area contributed by atoms with Gasteiger partial charge in [0.05, 0.1) is 0 Å². The van der Waals surface area contributed by atoms with Gasteiger partial charge < -0.3 is 13.7 Å². The SMILES string of the molecule is Cc1ccc(C)n1C.Cn1cccc1.Cn1cccc1. The van der Waals surface area contributed by atoms with E-state index in [1.54, 1.807) is 0 Å². The standard InChI is InChI=1S/C7H11N.2C5H7N/c1-6-4-5-7(2)8(6)3;2*1-6-4-2-3-5-6/h4-5H,1-3H3;2*2-5H,1H3. The lowest BCUT2D eigenvalue weighted by Crippen LogP contribution is -1.91. The highest BCUT2D eigenvalue weighted by Crippen LogP contribution is 2.02. The molecule has 3 nitrogen and oxygen atoms in total. The van der Waals surface area contributed by atoms with Gasteiger partial charge in [-0.05, 0) is 50.2 Å². The molecule has 3 heteroatoms. The number of hydrogen-bond acceptors (Lipinski definition) is 0. The van der Waals surface area contributed by atoms with Gasteiger partial charge in [0.2, 0.25) is 0 Å². The lowest BCUT2D eigenvalue weighted by atomic mass is 10.5. The van der Waals surface area contributed by atoms with Gasteiger partial charge >= 0.3 is 0 Å². The summed E-state index contributed by atoms with van der Waals surface area (Å²) in [5.74, 6) is 0. The minimum absolute atomic E-state index is 1.32. The highest BCUT2D eigenvalue weighted by molar-refractivity contribution is 5.12. The van der Waals surface area contributed by atoms with E-state index >= 15 is 0 Å². The molecule has 3 rings (SSSR count). The van der Waals surface area contributed by atoms with Crippen LogP contribution in [0.2, 0.25) is 0 Å². The molecule has 0 spiro atoms. The summed E-state index contributed by atoms with van der Waals surface area (Å²) in [7, 11) is 6.07. The molecule has 0 aliphatic rings. The maximum absolute atomic E-state index is 2.17. The Balaban J connectivity index is 0.000000152. The molecule has 0 N–H and O–H groups in total. The number of nitrogens with zero attached hydrogens (tertiary/aromatic N) is 3. The summed E-state index contributed by atoms with van der Waals surface area (Å²) in [5.41, 5.74) is 2.64. The van der Waals surface area contributed by atoms with Crippen LogP contribution in [0.5, 0.6) is 0 Å². The Labute approximate surface area is 122 Å². The Morgan fingerprint density at radius 1 is 0.600 bits per heavy atom. The average molecular weight is 271 g/mol. The second-order valence-electron chi connectivity index (χ2n) is 4.87. The molecular formula is C17H25N3. The molecule has 0 bridgehead atoms. The number of rotatable bonds is 0. The molecule has 0 radical (unpaired) electrons. The molecule has 20 heavy (non-hydrogen) atoms. The first-order valence-corrected chi connectivity index (χ1v) is 6.73. The molecule has 3 aromatic heterocycles. The van der Waals surface area contributed by atoms with Crippen LogP contribution in [0, 0.1) is 13.8 Å². The Kier molecular flexibility index (Phi) is 6.44. The van der Waals surface area contributed by atoms with Crippen LogP contribution in [0.25, 0.3) is 0 Å². The van der Waals surface area contributed by atoms with E-state index in [1.807, 2.05) is 72.3 Å². The molecule has 0 aliphatic carbocycles. The molecule has 108 valence electrons. The van der Waals surface area contributed by atoms with Crippen molar-refractivity contribution < 1.29 is 0 Å². The zero-order valence-electron chi connectivity index (χ0n) is 13.1. The van der Waals surface area contributed by atoms with Crippen molar-refractivity contribution in [1.29, 1.82) is 0 Å². The number of hydrogen-bond donors (Lipinski definition) is 0. The largest absolute Gasteiger partial charge is 0.357 e. The van der Waals surface area contributed by atoms with Crippen LogP contribution in [0.1, 0.15) is 11.4 Å². The van der Waals surface area contributed by atoms with Crippen LogP contribution in [0.3, 0.4) is 0 Å². The van der Waals surface area contributed by atoms with E-state index in [9.17, 15) is 0 Å². The third-order valence-electron chi connectivity index (χ3n) is 3.13. The van der Waals surface area contributed by atoms with Crippen molar-refractivity contribution in [1.82, 2.24) is 13.7 Å². The van der Waals surface area contributed by atoms with E-state index < -0.39 is 0 Å². The lowest BCUT2D eigenvalue weighted by molar-refractivity contribution is 0.844. The molecule has 0 amide bonds. The molecule has 0 unspecified atom stereocenters. The molecule has 0 saturated heterocycles. The summed E-state index contributed by atoms with van der Waals surface area (Å²) in [6, 6.07) is 12.2. The Hall–Kier alpha value is -2.16. The van der Waals surface area contributed by atoms with Crippen LogP contribution in [-0.2, 0) is 21.1 Å². The molecule has 0 fully saturated rings. The molecule has 0 aromatic carbocycles. The number of aryl methyl sites for hydroxylation is 4.